The van der Waals surface area contributed by atoms with Gasteiger partial charge in [0.15, 0.2) is 6.10 Å². The standard InChI is InChI=1S/C55H92O6/c1-4-7-10-13-16-18-20-21-22-23-24-25-26-27-28-29-30-31-32-33-35-36-39-42-45-48-54(57)60-51-52(50-59-53(56)47-44-41-38-15-12-9-6-3)61-55(58)49-46-43-40-37-34-19-17-14-11-8-5-2/h7,10,16,18,21-22,24-25,27-28,30-31,33,35,52H,4-6,8-9,11-15,17,19-20,23,26,29,32,34,36-51H2,1-3H3/b10-7-,18-16-,22-21-,25-24-,28-27-,31-30-,35-33-. The molecule has 0 radical (unpaired) electrons. The van der Waals surface area contributed by atoms with Crippen LogP contribution in [0, 0.1) is 0 Å². The Morgan fingerprint density at radius 3 is 1.00 bits per heavy atom. The van der Waals surface area contributed by atoms with Crippen LogP contribution in [0.15, 0.2) is 85.1 Å². The molecular formula is C55H92O6. The van der Waals surface area contributed by atoms with Crippen molar-refractivity contribution < 1.29 is 28.6 Å². The molecule has 61 heavy (non-hydrogen) atoms. The summed E-state index contributed by atoms with van der Waals surface area (Å²) in [5.41, 5.74) is 0. The average molecular weight is 849 g/mol. The normalized spacial score (nSPS) is 12.8. The molecule has 6 nitrogen and oxygen atoms in total. The maximum absolute atomic E-state index is 12.7. The summed E-state index contributed by atoms with van der Waals surface area (Å²) in [6, 6.07) is 0. The quantitative estimate of drug-likeness (QED) is 0.0263. The summed E-state index contributed by atoms with van der Waals surface area (Å²) in [4.78, 5) is 37.7. The van der Waals surface area contributed by atoms with Crippen LogP contribution in [0.4, 0.5) is 0 Å². The smallest absolute Gasteiger partial charge is 0.306 e. The topological polar surface area (TPSA) is 78.9 Å². The van der Waals surface area contributed by atoms with E-state index in [0.29, 0.717) is 19.3 Å². The molecular weight excluding hydrogens is 757 g/mol. The van der Waals surface area contributed by atoms with Gasteiger partial charge in [0.05, 0.1) is 0 Å². The molecule has 0 aliphatic carbocycles. The van der Waals surface area contributed by atoms with Gasteiger partial charge in [-0.2, -0.15) is 0 Å². The first kappa shape index (κ1) is 57.6. The Balaban J connectivity index is 4.27. The van der Waals surface area contributed by atoms with Crippen molar-refractivity contribution in [1.29, 1.82) is 0 Å². The maximum atomic E-state index is 12.7. The van der Waals surface area contributed by atoms with Crippen LogP contribution in [-0.4, -0.2) is 37.2 Å². The van der Waals surface area contributed by atoms with E-state index < -0.39 is 6.10 Å². The first-order valence-corrected chi connectivity index (χ1v) is 25.1. The lowest BCUT2D eigenvalue weighted by Crippen LogP contribution is -2.30. The van der Waals surface area contributed by atoms with Crippen LogP contribution in [0.5, 0.6) is 0 Å². The Bertz CT molecular complexity index is 1200. The van der Waals surface area contributed by atoms with Crippen LogP contribution < -0.4 is 0 Å². The molecule has 0 amide bonds. The van der Waals surface area contributed by atoms with E-state index >= 15 is 0 Å². The number of hydrogen-bond acceptors (Lipinski definition) is 6. The highest BCUT2D eigenvalue weighted by molar-refractivity contribution is 5.71. The molecule has 1 atom stereocenters. The van der Waals surface area contributed by atoms with E-state index in [4.69, 9.17) is 14.2 Å². The van der Waals surface area contributed by atoms with Gasteiger partial charge in [-0.05, 0) is 77.0 Å². The summed E-state index contributed by atoms with van der Waals surface area (Å²) >= 11 is 0. The van der Waals surface area contributed by atoms with Gasteiger partial charge in [-0.25, -0.2) is 0 Å². The second-order valence-electron chi connectivity index (χ2n) is 16.4. The van der Waals surface area contributed by atoms with Gasteiger partial charge >= 0.3 is 17.9 Å². The highest BCUT2D eigenvalue weighted by Gasteiger charge is 2.19. The van der Waals surface area contributed by atoms with Crippen molar-refractivity contribution in [2.75, 3.05) is 13.2 Å². The lowest BCUT2D eigenvalue weighted by molar-refractivity contribution is -0.167. The van der Waals surface area contributed by atoms with Crippen LogP contribution in [0.25, 0.3) is 0 Å². The van der Waals surface area contributed by atoms with Gasteiger partial charge in [0.25, 0.3) is 0 Å². The van der Waals surface area contributed by atoms with Crippen LogP contribution >= 0.6 is 0 Å². The van der Waals surface area contributed by atoms with Gasteiger partial charge in [-0.15, -0.1) is 0 Å². The fourth-order valence-corrected chi connectivity index (χ4v) is 6.66. The summed E-state index contributed by atoms with van der Waals surface area (Å²) in [5, 5.41) is 0. The number of carbonyl (C=O) groups excluding carboxylic acids is 3. The largest absolute Gasteiger partial charge is 0.462 e. The summed E-state index contributed by atoms with van der Waals surface area (Å²) in [6.45, 7) is 6.43. The molecule has 0 saturated carbocycles. The molecule has 0 aliphatic heterocycles. The third-order valence-electron chi connectivity index (χ3n) is 10.4. The van der Waals surface area contributed by atoms with Crippen molar-refractivity contribution in [2.24, 2.45) is 0 Å². The second kappa shape index (κ2) is 49.2. The van der Waals surface area contributed by atoms with Crippen molar-refractivity contribution in [3.05, 3.63) is 85.1 Å². The van der Waals surface area contributed by atoms with E-state index in [1.165, 1.54) is 77.0 Å². The molecule has 0 bridgehead atoms. The van der Waals surface area contributed by atoms with Gasteiger partial charge in [-0.3, -0.25) is 14.4 Å². The fraction of sp³-hybridized carbons (Fsp3) is 0.691. The molecule has 0 aromatic heterocycles. The second-order valence-corrected chi connectivity index (χ2v) is 16.4. The lowest BCUT2D eigenvalue weighted by Gasteiger charge is -2.18. The Kier molecular flexibility index (Phi) is 46.5. The van der Waals surface area contributed by atoms with Crippen LogP contribution in [0.2, 0.25) is 0 Å². The van der Waals surface area contributed by atoms with Gasteiger partial charge in [-0.1, -0.05) is 215 Å². The Morgan fingerprint density at radius 1 is 0.344 bits per heavy atom. The third kappa shape index (κ3) is 47.5. The SMILES string of the molecule is CC/C=C\C/C=C\C/C=C\C/C=C\C/C=C\C/C=C\C/C=C\CCCCCC(=O)OCC(COC(=O)CCCCCCCCC)OC(=O)CCCCCCCCCCCCC. The average Bonchev–Trinajstić information content (AvgIpc) is 3.26. The molecule has 0 heterocycles. The highest BCUT2D eigenvalue weighted by Crippen LogP contribution is 2.14. The number of esters is 3. The molecule has 0 aromatic rings. The zero-order chi connectivity index (χ0) is 44.4. The van der Waals surface area contributed by atoms with Crippen molar-refractivity contribution >= 4 is 17.9 Å². The van der Waals surface area contributed by atoms with Crippen molar-refractivity contribution in [3.63, 3.8) is 0 Å². The zero-order valence-corrected chi connectivity index (χ0v) is 39.7. The number of allylic oxidation sites excluding steroid dienone is 14. The van der Waals surface area contributed by atoms with Crippen molar-refractivity contribution in [3.8, 4) is 0 Å². The zero-order valence-electron chi connectivity index (χ0n) is 39.7. The van der Waals surface area contributed by atoms with E-state index in [2.05, 4.69) is 106 Å². The van der Waals surface area contributed by atoms with Gasteiger partial charge in [0.1, 0.15) is 13.2 Å². The number of ether oxygens (including phenoxy) is 3. The number of carbonyl (C=O) groups is 3. The number of unbranched alkanes of at least 4 members (excludes halogenated alkanes) is 19. The van der Waals surface area contributed by atoms with Crippen molar-refractivity contribution in [2.45, 2.75) is 232 Å². The minimum Gasteiger partial charge on any atom is -0.462 e. The van der Waals surface area contributed by atoms with E-state index in [0.717, 1.165) is 109 Å². The summed E-state index contributed by atoms with van der Waals surface area (Å²) in [5.74, 6) is -0.930. The first-order valence-electron chi connectivity index (χ1n) is 25.1. The Hall–Kier alpha value is -3.41. The van der Waals surface area contributed by atoms with Crippen LogP contribution in [0.3, 0.4) is 0 Å². The summed E-state index contributed by atoms with van der Waals surface area (Å²) < 4.78 is 16.7. The molecule has 1 unspecified atom stereocenters. The van der Waals surface area contributed by atoms with E-state index in [-0.39, 0.29) is 31.1 Å². The van der Waals surface area contributed by atoms with Gasteiger partial charge < -0.3 is 14.2 Å². The molecule has 348 valence electrons. The molecule has 0 aliphatic rings. The van der Waals surface area contributed by atoms with Crippen LogP contribution in [0.1, 0.15) is 226 Å². The molecule has 0 spiro atoms. The third-order valence-corrected chi connectivity index (χ3v) is 10.4. The molecule has 0 fully saturated rings. The lowest BCUT2D eigenvalue weighted by atomic mass is 10.1. The number of hydrogen-bond donors (Lipinski definition) is 0. The monoisotopic (exact) mass is 849 g/mol. The predicted octanol–water partition coefficient (Wildman–Crippen LogP) is 16.4. The fourth-order valence-electron chi connectivity index (χ4n) is 6.66. The minimum absolute atomic E-state index is 0.0858. The molecule has 0 N–H and O–H groups in total. The minimum atomic E-state index is -0.784. The van der Waals surface area contributed by atoms with Gasteiger partial charge in [0.2, 0.25) is 0 Å². The summed E-state index contributed by atoms with van der Waals surface area (Å²) in [7, 11) is 0. The van der Waals surface area contributed by atoms with Crippen molar-refractivity contribution in [1.82, 2.24) is 0 Å². The number of rotatable bonds is 44. The Labute approximate surface area is 375 Å². The molecule has 0 saturated heterocycles. The molecule has 0 aromatic carbocycles. The molecule has 6 heteroatoms. The summed E-state index contributed by atoms with van der Waals surface area (Å²) in [6.07, 6.45) is 63.0. The van der Waals surface area contributed by atoms with E-state index in [1.54, 1.807) is 0 Å². The van der Waals surface area contributed by atoms with Crippen LogP contribution in [-0.2, 0) is 28.6 Å². The predicted molar refractivity (Wildman–Crippen MR) is 261 cm³/mol. The molecule has 0 rings (SSSR count). The highest BCUT2D eigenvalue weighted by atomic mass is 16.6. The first-order chi connectivity index (χ1) is 30.0. The van der Waals surface area contributed by atoms with E-state index in [1.807, 2.05) is 0 Å². The maximum Gasteiger partial charge on any atom is 0.306 e. The van der Waals surface area contributed by atoms with Gasteiger partial charge in [0, 0.05) is 19.3 Å². The van der Waals surface area contributed by atoms with E-state index in [9.17, 15) is 14.4 Å². The Morgan fingerprint density at radius 2 is 0.639 bits per heavy atom.